The topological polar surface area (TPSA) is 70.5 Å². The fourth-order valence-electron chi connectivity index (χ4n) is 3.31. The Labute approximate surface area is 159 Å². The predicted octanol–water partition coefficient (Wildman–Crippen LogP) is 1.73. The number of benzene rings is 1. The Bertz CT molecular complexity index is 853. The zero-order valence-corrected chi connectivity index (χ0v) is 16.2. The van der Waals surface area contributed by atoms with Crippen molar-refractivity contribution in [2.75, 3.05) is 37.0 Å². The molecule has 1 N–H and O–H groups in total. The lowest BCUT2D eigenvalue weighted by atomic mass is 10.0. The van der Waals surface area contributed by atoms with Gasteiger partial charge in [0.25, 0.3) is 11.5 Å². The first-order valence-electron chi connectivity index (χ1n) is 9.38. The number of hydrogen-bond acceptors (Lipinski definition) is 5. The van der Waals surface area contributed by atoms with Gasteiger partial charge < -0.3 is 15.1 Å². The van der Waals surface area contributed by atoms with Crippen molar-refractivity contribution in [1.29, 1.82) is 0 Å². The second-order valence-electron chi connectivity index (χ2n) is 7.05. The number of nitrogens with one attached hydrogen (secondary N) is 1. The van der Waals surface area contributed by atoms with Crippen molar-refractivity contribution in [3.8, 4) is 0 Å². The first-order valence-corrected chi connectivity index (χ1v) is 9.38. The lowest BCUT2D eigenvalue weighted by Crippen LogP contribution is -2.45. The van der Waals surface area contributed by atoms with Crippen molar-refractivity contribution in [1.82, 2.24) is 15.1 Å². The van der Waals surface area contributed by atoms with Gasteiger partial charge in [0, 0.05) is 57.1 Å². The van der Waals surface area contributed by atoms with E-state index in [0.717, 1.165) is 37.3 Å². The SMILES string of the molecule is CCn1ncc(N2CCC(NC(=O)c3cccc(N(C)C)c3)CC2)cc1=O. The molecule has 1 aromatic heterocycles. The molecule has 0 radical (unpaired) electrons. The third kappa shape index (κ3) is 4.48. The molecule has 0 atom stereocenters. The van der Waals surface area contributed by atoms with Gasteiger partial charge in [-0.15, -0.1) is 0 Å². The van der Waals surface area contributed by atoms with E-state index in [4.69, 9.17) is 0 Å². The number of amides is 1. The number of aromatic nitrogens is 2. The van der Waals surface area contributed by atoms with Crippen LogP contribution in [0, 0.1) is 0 Å². The van der Waals surface area contributed by atoms with Crippen LogP contribution in [0.5, 0.6) is 0 Å². The molecular weight excluding hydrogens is 342 g/mol. The summed E-state index contributed by atoms with van der Waals surface area (Å²) < 4.78 is 1.44. The van der Waals surface area contributed by atoms with Crippen LogP contribution < -0.4 is 20.7 Å². The Hall–Kier alpha value is -2.83. The molecule has 0 bridgehead atoms. The highest BCUT2D eigenvalue weighted by Crippen LogP contribution is 2.19. The molecule has 0 aliphatic carbocycles. The lowest BCUT2D eigenvalue weighted by Gasteiger charge is -2.33. The first kappa shape index (κ1) is 18.9. The molecule has 1 saturated heterocycles. The van der Waals surface area contributed by atoms with Crippen molar-refractivity contribution in [2.24, 2.45) is 0 Å². The summed E-state index contributed by atoms with van der Waals surface area (Å²) in [4.78, 5) is 28.7. The van der Waals surface area contributed by atoms with Crippen LogP contribution in [0.3, 0.4) is 0 Å². The zero-order chi connectivity index (χ0) is 19.4. The minimum absolute atomic E-state index is 0.0376. The average Bonchev–Trinajstić information content (AvgIpc) is 2.68. The second kappa shape index (κ2) is 8.24. The number of anilines is 2. The third-order valence-corrected chi connectivity index (χ3v) is 4.97. The second-order valence-corrected chi connectivity index (χ2v) is 7.05. The molecule has 0 spiro atoms. The summed E-state index contributed by atoms with van der Waals surface area (Å²) in [5.74, 6) is -0.0376. The summed E-state index contributed by atoms with van der Waals surface area (Å²) >= 11 is 0. The maximum atomic E-state index is 12.6. The molecular formula is C20H27N5O2. The fourth-order valence-corrected chi connectivity index (χ4v) is 3.31. The number of carbonyl (C=O) groups excluding carboxylic acids is 1. The van der Waals surface area contributed by atoms with E-state index in [1.807, 2.05) is 50.2 Å². The van der Waals surface area contributed by atoms with E-state index in [1.54, 1.807) is 12.3 Å². The van der Waals surface area contributed by atoms with Crippen LogP contribution in [0.15, 0.2) is 41.3 Å². The first-order chi connectivity index (χ1) is 13.0. The van der Waals surface area contributed by atoms with Crippen molar-refractivity contribution in [2.45, 2.75) is 32.4 Å². The quantitative estimate of drug-likeness (QED) is 0.869. The van der Waals surface area contributed by atoms with Gasteiger partial charge in [0.2, 0.25) is 0 Å². The van der Waals surface area contributed by atoms with Gasteiger partial charge in [-0.05, 0) is 38.0 Å². The van der Waals surface area contributed by atoms with Crippen LogP contribution in [0.1, 0.15) is 30.1 Å². The monoisotopic (exact) mass is 369 g/mol. The van der Waals surface area contributed by atoms with E-state index in [-0.39, 0.29) is 17.5 Å². The summed E-state index contributed by atoms with van der Waals surface area (Å²) in [6, 6.07) is 9.40. The van der Waals surface area contributed by atoms with Crippen LogP contribution >= 0.6 is 0 Å². The molecule has 1 aromatic carbocycles. The average molecular weight is 369 g/mol. The smallest absolute Gasteiger partial charge is 0.268 e. The van der Waals surface area contributed by atoms with E-state index >= 15 is 0 Å². The standard InChI is InChI=1S/C20H27N5O2/c1-4-25-19(26)13-18(14-21-25)24-10-8-16(9-11-24)22-20(27)15-6-5-7-17(12-15)23(2)3/h5-7,12-14,16H,4,8-11H2,1-3H3,(H,22,27). The van der Waals surface area contributed by atoms with Crippen LogP contribution in [0.2, 0.25) is 0 Å². The molecule has 27 heavy (non-hydrogen) atoms. The van der Waals surface area contributed by atoms with Crippen molar-refractivity contribution in [3.05, 3.63) is 52.4 Å². The Morgan fingerprint density at radius 1 is 1.26 bits per heavy atom. The number of rotatable bonds is 5. The Kier molecular flexibility index (Phi) is 5.78. The molecule has 7 heteroatoms. The van der Waals surface area contributed by atoms with Gasteiger partial charge in [0.05, 0.1) is 11.9 Å². The maximum absolute atomic E-state index is 12.6. The summed E-state index contributed by atoms with van der Waals surface area (Å²) in [7, 11) is 3.92. The van der Waals surface area contributed by atoms with Gasteiger partial charge in [0.1, 0.15) is 0 Å². The number of carbonyl (C=O) groups is 1. The Morgan fingerprint density at radius 3 is 2.63 bits per heavy atom. The summed E-state index contributed by atoms with van der Waals surface area (Å²) in [5, 5.41) is 7.33. The molecule has 0 unspecified atom stereocenters. The number of piperidine rings is 1. The van der Waals surface area contributed by atoms with E-state index in [1.165, 1.54) is 4.68 Å². The Morgan fingerprint density at radius 2 is 2.00 bits per heavy atom. The molecule has 1 aliphatic rings. The Balaban J connectivity index is 1.58. The van der Waals surface area contributed by atoms with Crippen LogP contribution in [0.4, 0.5) is 11.4 Å². The molecule has 2 heterocycles. The predicted molar refractivity (Wildman–Crippen MR) is 108 cm³/mol. The van der Waals surface area contributed by atoms with Gasteiger partial charge in [-0.2, -0.15) is 5.10 Å². The highest BCUT2D eigenvalue weighted by molar-refractivity contribution is 5.95. The van der Waals surface area contributed by atoms with Crippen molar-refractivity contribution >= 4 is 17.3 Å². The van der Waals surface area contributed by atoms with E-state index in [2.05, 4.69) is 15.3 Å². The number of aryl methyl sites for hydroxylation is 1. The zero-order valence-electron chi connectivity index (χ0n) is 16.2. The minimum Gasteiger partial charge on any atom is -0.378 e. The van der Waals surface area contributed by atoms with Crippen LogP contribution in [0.25, 0.3) is 0 Å². The van der Waals surface area contributed by atoms with Crippen LogP contribution in [-0.2, 0) is 6.54 Å². The van der Waals surface area contributed by atoms with Crippen LogP contribution in [-0.4, -0.2) is 48.9 Å². The van der Waals surface area contributed by atoms with Gasteiger partial charge in [-0.1, -0.05) is 6.07 Å². The summed E-state index contributed by atoms with van der Waals surface area (Å²) in [6.45, 7) is 4.05. The molecule has 1 fully saturated rings. The van der Waals surface area contributed by atoms with Gasteiger partial charge in [0.15, 0.2) is 0 Å². The van der Waals surface area contributed by atoms with Gasteiger partial charge >= 0.3 is 0 Å². The third-order valence-electron chi connectivity index (χ3n) is 4.97. The molecule has 1 amide bonds. The molecule has 144 valence electrons. The van der Waals surface area contributed by atoms with Gasteiger partial charge in [-0.3, -0.25) is 9.59 Å². The van der Waals surface area contributed by atoms with Gasteiger partial charge in [-0.25, -0.2) is 4.68 Å². The lowest BCUT2D eigenvalue weighted by molar-refractivity contribution is 0.0931. The number of hydrogen-bond donors (Lipinski definition) is 1. The molecule has 1 aliphatic heterocycles. The minimum atomic E-state index is -0.0776. The summed E-state index contributed by atoms with van der Waals surface area (Å²) in [5.41, 5.74) is 2.46. The van der Waals surface area contributed by atoms with E-state index in [0.29, 0.717) is 12.1 Å². The van der Waals surface area contributed by atoms with E-state index in [9.17, 15) is 9.59 Å². The normalized spacial score (nSPS) is 14.9. The largest absolute Gasteiger partial charge is 0.378 e. The highest BCUT2D eigenvalue weighted by atomic mass is 16.1. The molecule has 7 nitrogen and oxygen atoms in total. The fraction of sp³-hybridized carbons (Fsp3) is 0.450. The number of nitrogens with zero attached hydrogens (tertiary/aromatic N) is 4. The molecule has 3 rings (SSSR count). The maximum Gasteiger partial charge on any atom is 0.268 e. The van der Waals surface area contributed by atoms with Crippen molar-refractivity contribution in [3.63, 3.8) is 0 Å². The van der Waals surface area contributed by atoms with E-state index < -0.39 is 0 Å². The molecule has 0 saturated carbocycles. The molecule has 2 aromatic rings. The van der Waals surface area contributed by atoms with Crippen molar-refractivity contribution < 1.29 is 4.79 Å². The summed E-state index contributed by atoms with van der Waals surface area (Å²) in [6.07, 6.45) is 3.43. The highest BCUT2D eigenvalue weighted by Gasteiger charge is 2.22.